The normalized spacial score (nSPS) is 20.9. The van der Waals surface area contributed by atoms with Gasteiger partial charge in [-0.1, -0.05) is 6.07 Å². The fourth-order valence-electron chi connectivity index (χ4n) is 2.46. The van der Waals surface area contributed by atoms with Gasteiger partial charge in [-0.25, -0.2) is 0 Å². The summed E-state index contributed by atoms with van der Waals surface area (Å²) in [5.41, 5.74) is 8.31. The Kier molecular flexibility index (Phi) is 4.62. The van der Waals surface area contributed by atoms with Gasteiger partial charge in [0.2, 0.25) is 5.91 Å². The third-order valence-corrected chi connectivity index (χ3v) is 3.89. The molecule has 1 aromatic rings. The number of hydrogen-bond donors (Lipinski definition) is 2. The Morgan fingerprint density at radius 2 is 2.20 bits per heavy atom. The molecule has 5 nitrogen and oxygen atoms in total. The number of nitrogen functional groups attached to an aromatic ring is 1. The second-order valence-corrected chi connectivity index (χ2v) is 5.70. The number of carbonyl (C=O) groups is 1. The molecule has 1 unspecified atom stereocenters. The monoisotopic (exact) mass is 276 g/mol. The average molecular weight is 276 g/mol. The van der Waals surface area contributed by atoms with Gasteiger partial charge in [0.15, 0.2) is 0 Å². The lowest BCUT2D eigenvalue weighted by atomic mass is 10.2. The highest BCUT2D eigenvalue weighted by atomic mass is 16.2. The molecule has 1 amide bonds. The van der Waals surface area contributed by atoms with E-state index in [0.717, 1.165) is 25.2 Å². The highest BCUT2D eigenvalue weighted by Gasteiger charge is 2.22. The molecule has 1 heterocycles. The van der Waals surface area contributed by atoms with E-state index in [1.54, 1.807) is 0 Å². The predicted molar refractivity (Wildman–Crippen MR) is 82.8 cm³/mol. The number of hydrogen-bond acceptors (Lipinski definition) is 4. The fraction of sp³-hybridized carbons (Fsp3) is 0.533. The SMILES string of the molecule is Cc1ccc(NC(=O)CN2CCN(C)C(C)C2)c(N)c1. The first-order valence-electron chi connectivity index (χ1n) is 7.04. The van der Waals surface area contributed by atoms with Crippen LogP contribution in [0.4, 0.5) is 11.4 Å². The van der Waals surface area contributed by atoms with E-state index in [4.69, 9.17) is 5.73 Å². The Hall–Kier alpha value is -1.59. The number of anilines is 2. The number of benzene rings is 1. The van der Waals surface area contributed by atoms with Crippen LogP contribution in [-0.2, 0) is 4.79 Å². The van der Waals surface area contributed by atoms with Gasteiger partial charge in [-0.05, 0) is 38.6 Å². The summed E-state index contributed by atoms with van der Waals surface area (Å²) in [5, 5.41) is 2.89. The highest BCUT2D eigenvalue weighted by molar-refractivity contribution is 5.95. The summed E-state index contributed by atoms with van der Waals surface area (Å²) in [6.07, 6.45) is 0. The third-order valence-electron chi connectivity index (χ3n) is 3.89. The Bertz CT molecular complexity index is 489. The van der Waals surface area contributed by atoms with Crippen LogP contribution in [0.3, 0.4) is 0 Å². The number of nitrogens with one attached hydrogen (secondary N) is 1. The van der Waals surface area contributed by atoms with E-state index in [-0.39, 0.29) is 5.91 Å². The molecule has 1 aromatic carbocycles. The molecule has 1 aliphatic rings. The molecule has 1 aliphatic heterocycles. The van der Waals surface area contributed by atoms with E-state index in [1.165, 1.54) is 0 Å². The standard InChI is InChI=1S/C15H24N4O/c1-11-4-5-14(13(16)8-11)17-15(20)10-19-7-6-18(3)12(2)9-19/h4-5,8,12H,6-7,9-10,16H2,1-3H3,(H,17,20). The number of rotatable bonds is 3. The van der Waals surface area contributed by atoms with Crippen LogP contribution in [0.1, 0.15) is 12.5 Å². The number of piperazine rings is 1. The van der Waals surface area contributed by atoms with Crippen molar-refractivity contribution in [3.8, 4) is 0 Å². The maximum atomic E-state index is 12.1. The summed E-state index contributed by atoms with van der Waals surface area (Å²) < 4.78 is 0. The molecule has 1 saturated heterocycles. The van der Waals surface area contributed by atoms with Crippen LogP contribution in [0.2, 0.25) is 0 Å². The van der Waals surface area contributed by atoms with Gasteiger partial charge in [-0.15, -0.1) is 0 Å². The van der Waals surface area contributed by atoms with Crippen LogP contribution in [0.5, 0.6) is 0 Å². The van der Waals surface area contributed by atoms with Gasteiger partial charge in [0.25, 0.3) is 0 Å². The Balaban J connectivity index is 1.89. The topological polar surface area (TPSA) is 61.6 Å². The molecular formula is C15H24N4O. The number of amides is 1. The number of nitrogens with two attached hydrogens (primary N) is 1. The van der Waals surface area contributed by atoms with Crippen LogP contribution >= 0.6 is 0 Å². The lowest BCUT2D eigenvalue weighted by Gasteiger charge is -2.37. The second kappa shape index (κ2) is 6.24. The molecule has 0 aromatic heterocycles. The summed E-state index contributed by atoms with van der Waals surface area (Å²) in [6, 6.07) is 6.16. The number of nitrogens with zero attached hydrogens (tertiary/aromatic N) is 2. The van der Waals surface area contributed by atoms with Crippen molar-refractivity contribution >= 4 is 17.3 Å². The predicted octanol–water partition coefficient (Wildman–Crippen LogP) is 1.15. The number of carbonyl (C=O) groups excluding carboxylic acids is 1. The third kappa shape index (κ3) is 3.71. The van der Waals surface area contributed by atoms with Gasteiger partial charge >= 0.3 is 0 Å². The molecular weight excluding hydrogens is 252 g/mol. The van der Waals surface area contributed by atoms with Gasteiger partial charge in [0, 0.05) is 25.7 Å². The zero-order chi connectivity index (χ0) is 14.7. The molecule has 2 rings (SSSR count). The van der Waals surface area contributed by atoms with Crippen molar-refractivity contribution in [1.82, 2.24) is 9.80 Å². The van der Waals surface area contributed by atoms with Crippen molar-refractivity contribution in [2.75, 3.05) is 44.3 Å². The number of likely N-dealkylation sites (N-methyl/N-ethyl adjacent to an activating group) is 1. The van der Waals surface area contributed by atoms with E-state index in [2.05, 4.69) is 29.1 Å². The van der Waals surface area contributed by atoms with Crippen LogP contribution < -0.4 is 11.1 Å². The van der Waals surface area contributed by atoms with Crippen molar-refractivity contribution in [2.45, 2.75) is 19.9 Å². The van der Waals surface area contributed by atoms with Gasteiger partial charge < -0.3 is 16.0 Å². The summed E-state index contributed by atoms with van der Waals surface area (Å²) in [7, 11) is 2.12. The minimum atomic E-state index is -0.00249. The smallest absolute Gasteiger partial charge is 0.238 e. The lowest BCUT2D eigenvalue weighted by Crippen LogP contribution is -2.51. The van der Waals surface area contributed by atoms with Crippen molar-refractivity contribution in [3.05, 3.63) is 23.8 Å². The summed E-state index contributed by atoms with van der Waals surface area (Å²) in [5.74, 6) is -0.00249. The van der Waals surface area contributed by atoms with Crippen LogP contribution in [-0.4, -0.2) is 55.0 Å². The summed E-state index contributed by atoms with van der Waals surface area (Å²) in [6.45, 7) is 7.44. The molecule has 0 bridgehead atoms. The van der Waals surface area contributed by atoms with Crippen LogP contribution in [0.25, 0.3) is 0 Å². The Morgan fingerprint density at radius 1 is 1.45 bits per heavy atom. The van der Waals surface area contributed by atoms with Crippen molar-refractivity contribution in [3.63, 3.8) is 0 Å². The average Bonchev–Trinajstić information content (AvgIpc) is 2.37. The molecule has 110 valence electrons. The second-order valence-electron chi connectivity index (χ2n) is 5.70. The summed E-state index contributed by atoms with van der Waals surface area (Å²) in [4.78, 5) is 16.6. The minimum Gasteiger partial charge on any atom is -0.397 e. The largest absolute Gasteiger partial charge is 0.397 e. The van der Waals surface area contributed by atoms with E-state index < -0.39 is 0 Å². The zero-order valence-corrected chi connectivity index (χ0v) is 12.5. The van der Waals surface area contributed by atoms with E-state index in [1.807, 2.05) is 25.1 Å². The molecule has 0 radical (unpaired) electrons. The highest BCUT2D eigenvalue weighted by Crippen LogP contribution is 2.19. The summed E-state index contributed by atoms with van der Waals surface area (Å²) >= 11 is 0. The maximum Gasteiger partial charge on any atom is 0.238 e. The Labute approximate surface area is 120 Å². The van der Waals surface area contributed by atoms with Gasteiger partial charge in [-0.2, -0.15) is 0 Å². The number of aryl methyl sites for hydroxylation is 1. The first-order chi connectivity index (χ1) is 9.45. The van der Waals surface area contributed by atoms with Crippen molar-refractivity contribution in [1.29, 1.82) is 0 Å². The van der Waals surface area contributed by atoms with Gasteiger partial charge in [0.1, 0.15) is 0 Å². The van der Waals surface area contributed by atoms with Crippen molar-refractivity contribution in [2.24, 2.45) is 0 Å². The lowest BCUT2D eigenvalue weighted by molar-refractivity contribution is -0.117. The fourth-order valence-corrected chi connectivity index (χ4v) is 2.46. The molecule has 0 spiro atoms. The minimum absolute atomic E-state index is 0.00249. The Morgan fingerprint density at radius 3 is 2.85 bits per heavy atom. The molecule has 0 aliphatic carbocycles. The molecule has 0 saturated carbocycles. The van der Waals surface area contributed by atoms with E-state index in [9.17, 15) is 4.79 Å². The first kappa shape index (κ1) is 14.8. The molecule has 1 fully saturated rings. The van der Waals surface area contributed by atoms with Gasteiger partial charge in [-0.3, -0.25) is 9.69 Å². The van der Waals surface area contributed by atoms with E-state index in [0.29, 0.717) is 24.0 Å². The maximum absolute atomic E-state index is 12.1. The zero-order valence-electron chi connectivity index (χ0n) is 12.5. The van der Waals surface area contributed by atoms with Crippen LogP contribution in [0, 0.1) is 6.92 Å². The van der Waals surface area contributed by atoms with Crippen molar-refractivity contribution < 1.29 is 4.79 Å². The molecule has 1 atom stereocenters. The van der Waals surface area contributed by atoms with Crippen LogP contribution in [0.15, 0.2) is 18.2 Å². The quantitative estimate of drug-likeness (QED) is 0.813. The molecule has 20 heavy (non-hydrogen) atoms. The van der Waals surface area contributed by atoms with E-state index >= 15 is 0 Å². The molecule has 5 heteroatoms. The van der Waals surface area contributed by atoms with Gasteiger partial charge in [0.05, 0.1) is 17.9 Å². The first-order valence-corrected chi connectivity index (χ1v) is 7.04. The molecule has 3 N–H and O–H groups in total.